The van der Waals surface area contributed by atoms with Crippen LogP contribution in [0.15, 0.2) is 48.5 Å². The van der Waals surface area contributed by atoms with Gasteiger partial charge < -0.3 is 25.6 Å². The first-order valence-electron chi connectivity index (χ1n) is 12.3. The second-order valence-electron chi connectivity index (χ2n) is 8.82. The second-order valence-corrected chi connectivity index (χ2v) is 8.82. The fourth-order valence-electron chi connectivity index (χ4n) is 4.09. The van der Waals surface area contributed by atoms with E-state index in [-0.39, 0.29) is 12.5 Å². The molecule has 5 rings (SSSR count). The van der Waals surface area contributed by atoms with Crippen LogP contribution < -0.4 is 36.3 Å². The van der Waals surface area contributed by atoms with Gasteiger partial charge in [-0.1, -0.05) is 24.3 Å². The summed E-state index contributed by atoms with van der Waals surface area (Å²) in [6.45, 7) is 4.77. The summed E-state index contributed by atoms with van der Waals surface area (Å²) >= 11 is 0. The van der Waals surface area contributed by atoms with Crippen molar-refractivity contribution >= 4 is 35.5 Å². The van der Waals surface area contributed by atoms with Gasteiger partial charge in [0, 0.05) is 45.0 Å². The third-order valence-corrected chi connectivity index (χ3v) is 6.14. The molecule has 38 heavy (non-hydrogen) atoms. The number of rotatable bonds is 10. The number of urea groups is 1. The molecule has 3 aromatic rings. The zero-order chi connectivity index (χ0) is 26.3. The first-order chi connectivity index (χ1) is 18.6. The summed E-state index contributed by atoms with van der Waals surface area (Å²) in [5.74, 6) is 1.11. The summed E-state index contributed by atoms with van der Waals surface area (Å²) in [6.07, 6.45) is 0. The molecule has 0 spiro atoms. The molecule has 2 saturated heterocycles. The van der Waals surface area contributed by atoms with Crippen LogP contribution >= 0.6 is 0 Å². The van der Waals surface area contributed by atoms with E-state index in [0.29, 0.717) is 25.0 Å². The molecule has 13 heteroatoms. The van der Waals surface area contributed by atoms with Crippen molar-refractivity contribution < 1.29 is 14.3 Å². The van der Waals surface area contributed by atoms with Gasteiger partial charge in [-0.15, -0.1) is 0 Å². The molecular formula is C25H30N10O3. The Morgan fingerprint density at radius 3 is 1.97 bits per heavy atom. The largest absolute Gasteiger partial charge is 0.497 e. The summed E-state index contributed by atoms with van der Waals surface area (Å²) in [4.78, 5) is 39.2. The summed E-state index contributed by atoms with van der Waals surface area (Å²) in [5, 5.41) is 13.1. The van der Waals surface area contributed by atoms with E-state index >= 15 is 0 Å². The van der Waals surface area contributed by atoms with Crippen molar-refractivity contribution in [2.45, 2.75) is 13.1 Å². The van der Waals surface area contributed by atoms with Gasteiger partial charge in [-0.25, -0.2) is 9.80 Å². The maximum absolute atomic E-state index is 12.0. The number of carbonyl (C=O) groups excluding carboxylic acids is 2. The predicted octanol–water partition coefficient (Wildman–Crippen LogP) is 1.39. The van der Waals surface area contributed by atoms with Crippen molar-refractivity contribution in [1.82, 2.24) is 30.6 Å². The van der Waals surface area contributed by atoms with Gasteiger partial charge >= 0.3 is 6.03 Å². The van der Waals surface area contributed by atoms with E-state index in [1.165, 1.54) is 5.69 Å². The standard InChI is InChI=1S/C25H30N10O3/c1-38-20-8-4-18(5-9-20)15-28-23-30-22(31-24(32-23)33-35-16-21(36)29-25(35)37)27-14-17-2-6-19(7-3-17)34-12-10-26-11-13-34/h2-9,26H,10-16H2,1H3,(H,29,36,37)(H3,27,28,30,31,32,33). The smallest absolute Gasteiger partial charge is 0.343 e. The number of hydrogen-bond acceptors (Lipinski definition) is 11. The number of anilines is 4. The van der Waals surface area contributed by atoms with E-state index in [4.69, 9.17) is 4.74 Å². The highest BCUT2D eigenvalue weighted by atomic mass is 16.5. The third kappa shape index (κ3) is 6.37. The van der Waals surface area contributed by atoms with Gasteiger partial charge in [-0.3, -0.25) is 15.5 Å². The van der Waals surface area contributed by atoms with Crippen molar-refractivity contribution in [2.75, 3.05) is 60.8 Å². The molecule has 0 bridgehead atoms. The SMILES string of the molecule is COc1ccc(CNc2nc(NCc3ccc(N4CCNCC4)cc3)nc(NN3CC(=O)NC3=O)n2)cc1. The minimum Gasteiger partial charge on any atom is -0.497 e. The molecular weight excluding hydrogens is 488 g/mol. The van der Waals surface area contributed by atoms with Crippen molar-refractivity contribution in [3.8, 4) is 5.75 Å². The third-order valence-electron chi connectivity index (χ3n) is 6.14. The number of aromatic nitrogens is 3. The van der Waals surface area contributed by atoms with Gasteiger partial charge in [0.25, 0.3) is 0 Å². The highest BCUT2D eigenvalue weighted by Gasteiger charge is 2.27. The Morgan fingerprint density at radius 2 is 1.42 bits per heavy atom. The Kier molecular flexibility index (Phi) is 7.64. The minimum absolute atomic E-state index is 0.124. The van der Waals surface area contributed by atoms with Crippen molar-refractivity contribution in [3.63, 3.8) is 0 Å². The van der Waals surface area contributed by atoms with Crippen LogP contribution in [0.1, 0.15) is 11.1 Å². The van der Waals surface area contributed by atoms with Gasteiger partial charge in [0.1, 0.15) is 12.3 Å². The van der Waals surface area contributed by atoms with Gasteiger partial charge in [0.05, 0.1) is 7.11 Å². The van der Waals surface area contributed by atoms with Crippen molar-refractivity contribution in [2.24, 2.45) is 0 Å². The lowest BCUT2D eigenvalue weighted by Gasteiger charge is -2.29. The zero-order valence-electron chi connectivity index (χ0n) is 21.0. The highest BCUT2D eigenvalue weighted by molar-refractivity contribution is 6.02. The quantitative estimate of drug-likeness (QED) is 0.248. The van der Waals surface area contributed by atoms with Crippen LogP contribution in [0.5, 0.6) is 5.75 Å². The zero-order valence-corrected chi connectivity index (χ0v) is 21.0. The normalized spacial score (nSPS) is 15.3. The van der Waals surface area contributed by atoms with E-state index in [1.807, 2.05) is 24.3 Å². The van der Waals surface area contributed by atoms with Crippen LogP contribution in [0.25, 0.3) is 0 Å². The summed E-state index contributed by atoms with van der Waals surface area (Å²) in [7, 11) is 1.62. The number of carbonyl (C=O) groups is 2. The molecule has 0 saturated carbocycles. The van der Waals surface area contributed by atoms with Gasteiger partial charge in [-0.05, 0) is 35.4 Å². The Bertz CT molecular complexity index is 1260. The van der Waals surface area contributed by atoms with Crippen LogP contribution in [0.2, 0.25) is 0 Å². The molecule has 2 aliphatic heterocycles. The Balaban J connectivity index is 1.27. The van der Waals surface area contributed by atoms with Crippen LogP contribution in [-0.4, -0.2) is 71.7 Å². The fourth-order valence-corrected chi connectivity index (χ4v) is 4.09. The number of nitrogens with one attached hydrogen (secondary N) is 5. The minimum atomic E-state index is -0.567. The Hall–Kier alpha value is -4.65. The number of benzene rings is 2. The number of methoxy groups -OCH3 is 1. The lowest BCUT2D eigenvalue weighted by Crippen LogP contribution is -2.43. The van der Waals surface area contributed by atoms with E-state index < -0.39 is 11.9 Å². The maximum Gasteiger partial charge on any atom is 0.343 e. The predicted molar refractivity (Wildman–Crippen MR) is 143 cm³/mol. The number of imide groups is 1. The molecule has 5 N–H and O–H groups in total. The van der Waals surface area contributed by atoms with Gasteiger partial charge in [-0.2, -0.15) is 15.0 Å². The number of ether oxygens (including phenoxy) is 1. The number of hydrogen-bond donors (Lipinski definition) is 5. The van der Waals surface area contributed by atoms with Gasteiger partial charge in [0.15, 0.2) is 0 Å². The number of piperazine rings is 1. The Labute approximate surface area is 220 Å². The summed E-state index contributed by atoms with van der Waals surface area (Å²) < 4.78 is 5.21. The van der Waals surface area contributed by atoms with Crippen LogP contribution in [0.3, 0.4) is 0 Å². The van der Waals surface area contributed by atoms with E-state index in [0.717, 1.165) is 48.1 Å². The molecule has 0 unspecified atom stereocenters. The van der Waals surface area contributed by atoms with E-state index in [9.17, 15) is 9.59 Å². The highest BCUT2D eigenvalue weighted by Crippen LogP contribution is 2.18. The molecule has 3 amide bonds. The average molecular weight is 519 g/mol. The molecule has 0 aliphatic carbocycles. The van der Waals surface area contributed by atoms with Gasteiger partial charge in [0.2, 0.25) is 23.8 Å². The van der Waals surface area contributed by atoms with E-state index in [2.05, 4.69) is 70.8 Å². The van der Waals surface area contributed by atoms with Crippen LogP contribution in [-0.2, 0) is 17.9 Å². The van der Waals surface area contributed by atoms with Crippen molar-refractivity contribution in [3.05, 3.63) is 59.7 Å². The molecule has 2 fully saturated rings. The number of amides is 3. The second kappa shape index (κ2) is 11.6. The molecule has 0 atom stereocenters. The monoisotopic (exact) mass is 518 g/mol. The molecule has 198 valence electrons. The van der Waals surface area contributed by atoms with Crippen LogP contribution in [0.4, 0.5) is 28.3 Å². The molecule has 3 heterocycles. The number of hydrazine groups is 1. The molecule has 2 aliphatic rings. The topological polar surface area (TPSA) is 149 Å². The Morgan fingerprint density at radius 1 is 0.842 bits per heavy atom. The van der Waals surface area contributed by atoms with Crippen molar-refractivity contribution in [1.29, 1.82) is 0 Å². The lowest BCUT2D eigenvalue weighted by atomic mass is 10.2. The average Bonchev–Trinajstić information content (AvgIpc) is 3.27. The molecule has 13 nitrogen and oxygen atoms in total. The first kappa shape index (κ1) is 25.0. The number of nitrogens with zero attached hydrogens (tertiary/aromatic N) is 5. The lowest BCUT2D eigenvalue weighted by molar-refractivity contribution is -0.118. The molecule has 2 aromatic carbocycles. The first-order valence-corrected chi connectivity index (χ1v) is 12.3. The summed E-state index contributed by atoms with van der Waals surface area (Å²) in [6, 6.07) is 15.5. The maximum atomic E-state index is 12.0. The van der Waals surface area contributed by atoms with E-state index in [1.54, 1.807) is 7.11 Å². The molecule has 0 radical (unpaired) electrons. The molecule has 1 aromatic heterocycles. The van der Waals surface area contributed by atoms with Crippen LogP contribution in [0, 0.1) is 0 Å². The summed E-state index contributed by atoms with van der Waals surface area (Å²) in [5.41, 5.74) is 6.06. The fraction of sp³-hybridized carbons (Fsp3) is 0.320.